The number of carbonyl (C=O) groups excluding carboxylic acids is 1. The van der Waals surface area contributed by atoms with E-state index in [9.17, 15) is 28.1 Å². The number of thiazole rings is 1. The highest BCUT2D eigenvalue weighted by Crippen LogP contribution is 2.39. The topological polar surface area (TPSA) is 94.8 Å². The van der Waals surface area contributed by atoms with Crippen LogP contribution in [0.2, 0.25) is 0 Å². The van der Waals surface area contributed by atoms with Crippen molar-refractivity contribution in [2.45, 2.75) is 19.2 Å². The molecule has 1 unspecified atom stereocenters. The lowest BCUT2D eigenvalue weighted by molar-refractivity contribution is -0.384. The van der Waals surface area contributed by atoms with Gasteiger partial charge in [-0.15, -0.1) is 11.3 Å². The third-order valence-corrected chi connectivity index (χ3v) is 5.15. The van der Waals surface area contributed by atoms with Crippen LogP contribution in [0.25, 0.3) is 0 Å². The molecule has 3 rings (SSSR count). The van der Waals surface area contributed by atoms with Crippen LogP contribution >= 0.6 is 11.3 Å². The van der Waals surface area contributed by atoms with Crippen LogP contribution in [0.5, 0.6) is 0 Å². The van der Waals surface area contributed by atoms with Gasteiger partial charge in [0.1, 0.15) is 5.01 Å². The Balaban J connectivity index is 1.97. The third-order valence-electron chi connectivity index (χ3n) is 4.15. The number of alkyl halides is 3. The Morgan fingerprint density at radius 2 is 2.07 bits per heavy atom. The summed E-state index contributed by atoms with van der Waals surface area (Å²) >= 11 is 0.719. The number of rotatable bonds is 5. The second kappa shape index (κ2) is 8.33. The molecule has 1 saturated heterocycles. The van der Waals surface area contributed by atoms with E-state index >= 15 is 0 Å². The molecule has 29 heavy (non-hydrogen) atoms. The minimum absolute atomic E-state index is 0.250. The van der Waals surface area contributed by atoms with Crippen LogP contribution in [0.1, 0.15) is 27.2 Å². The number of hydrogen-bond donors (Lipinski definition) is 0. The maximum Gasteiger partial charge on any atom is 0.432 e. The van der Waals surface area contributed by atoms with Gasteiger partial charge in [-0.2, -0.15) is 13.2 Å². The summed E-state index contributed by atoms with van der Waals surface area (Å²) in [7, 11) is 0. The SMILES string of the molecule is Cc1csc(C(OC(=O)c2cc([N+](=O)[O-])ccc2N2CCOCC2)C(F)(F)F)n1. The number of benzene rings is 1. The molecule has 1 atom stereocenters. The average Bonchev–Trinajstić information content (AvgIpc) is 3.11. The first-order valence-corrected chi connectivity index (χ1v) is 9.35. The summed E-state index contributed by atoms with van der Waals surface area (Å²) in [5, 5.41) is 12.1. The van der Waals surface area contributed by atoms with Gasteiger partial charge in [0.15, 0.2) is 0 Å². The number of halogens is 3. The monoisotopic (exact) mass is 431 g/mol. The van der Waals surface area contributed by atoms with Crippen molar-refractivity contribution in [1.29, 1.82) is 0 Å². The molecular formula is C17H16F3N3O5S. The van der Waals surface area contributed by atoms with Gasteiger partial charge in [0.2, 0.25) is 6.10 Å². The molecule has 0 N–H and O–H groups in total. The molecule has 1 aromatic heterocycles. The maximum atomic E-state index is 13.5. The first-order chi connectivity index (χ1) is 13.7. The second-order valence-electron chi connectivity index (χ2n) is 6.21. The Morgan fingerprint density at radius 3 is 2.62 bits per heavy atom. The summed E-state index contributed by atoms with van der Waals surface area (Å²) in [4.78, 5) is 28.5. The lowest BCUT2D eigenvalue weighted by atomic mass is 10.1. The number of nitro benzene ring substituents is 1. The second-order valence-corrected chi connectivity index (χ2v) is 7.10. The normalized spacial score (nSPS) is 15.8. The van der Waals surface area contributed by atoms with E-state index in [1.165, 1.54) is 24.4 Å². The predicted octanol–water partition coefficient (Wildman–Crippen LogP) is 3.66. The highest BCUT2D eigenvalue weighted by atomic mass is 32.1. The molecule has 0 saturated carbocycles. The van der Waals surface area contributed by atoms with E-state index in [-0.39, 0.29) is 11.3 Å². The highest BCUT2D eigenvalue weighted by Gasteiger charge is 2.46. The molecule has 1 aromatic carbocycles. The van der Waals surface area contributed by atoms with Crippen LogP contribution < -0.4 is 4.90 Å². The number of morpholine rings is 1. The van der Waals surface area contributed by atoms with E-state index in [4.69, 9.17) is 9.47 Å². The van der Waals surface area contributed by atoms with Crippen LogP contribution in [-0.2, 0) is 9.47 Å². The summed E-state index contributed by atoms with van der Waals surface area (Å²) < 4.78 is 50.5. The number of hydrogen-bond acceptors (Lipinski definition) is 8. The fourth-order valence-electron chi connectivity index (χ4n) is 2.80. The number of nitrogens with zero attached hydrogens (tertiary/aromatic N) is 3. The number of ether oxygens (including phenoxy) is 2. The van der Waals surface area contributed by atoms with Crippen LogP contribution in [0, 0.1) is 17.0 Å². The zero-order valence-electron chi connectivity index (χ0n) is 15.1. The van der Waals surface area contributed by atoms with Gasteiger partial charge in [-0.05, 0) is 13.0 Å². The number of aryl methyl sites for hydroxylation is 1. The van der Waals surface area contributed by atoms with Gasteiger partial charge in [0, 0.05) is 36.3 Å². The van der Waals surface area contributed by atoms with Crippen LogP contribution in [0.15, 0.2) is 23.6 Å². The molecule has 0 amide bonds. The van der Waals surface area contributed by atoms with Crippen LogP contribution in [0.4, 0.5) is 24.5 Å². The Morgan fingerprint density at radius 1 is 1.38 bits per heavy atom. The first kappa shape index (κ1) is 21.0. The summed E-state index contributed by atoms with van der Waals surface area (Å²) in [6, 6.07) is 3.44. The molecular weight excluding hydrogens is 415 g/mol. The van der Waals surface area contributed by atoms with Gasteiger partial charge in [-0.1, -0.05) is 0 Å². The van der Waals surface area contributed by atoms with E-state index < -0.39 is 33.9 Å². The predicted molar refractivity (Wildman–Crippen MR) is 97.2 cm³/mol. The minimum atomic E-state index is -4.89. The molecule has 2 aromatic rings. The van der Waals surface area contributed by atoms with Crippen molar-refractivity contribution in [2.24, 2.45) is 0 Å². The molecule has 0 spiro atoms. The Bertz CT molecular complexity index is 912. The third kappa shape index (κ3) is 4.82. The zero-order chi connectivity index (χ0) is 21.2. The van der Waals surface area contributed by atoms with E-state index in [2.05, 4.69) is 4.98 Å². The lowest BCUT2D eigenvalue weighted by Crippen LogP contribution is -2.37. The van der Waals surface area contributed by atoms with Crippen molar-refractivity contribution in [3.63, 3.8) is 0 Å². The quantitative estimate of drug-likeness (QED) is 0.405. The number of anilines is 1. The number of nitro groups is 1. The summed E-state index contributed by atoms with van der Waals surface area (Å²) in [5.74, 6) is -1.31. The van der Waals surface area contributed by atoms with Gasteiger partial charge in [-0.3, -0.25) is 10.1 Å². The molecule has 2 heterocycles. The van der Waals surface area contributed by atoms with Crippen molar-refractivity contribution < 1.29 is 32.4 Å². The van der Waals surface area contributed by atoms with Crippen molar-refractivity contribution in [2.75, 3.05) is 31.2 Å². The summed E-state index contributed by atoms with van der Waals surface area (Å²) in [5.41, 5.74) is -0.133. The molecule has 8 nitrogen and oxygen atoms in total. The van der Waals surface area contributed by atoms with Crippen molar-refractivity contribution >= 4 is 28.7 Å². The van der Waals surface area contributed by atoms with Gasteiger partial charge < -0.3 is 14.4 Å². The molecule has 0 bridgehead atoms. The molecule has 0 radical (unpaired) electrons. The Hall–Kier alpha value is -2.73. The fourth-order valence-corrected chi connectivity index (χ4v) is 3.65. The number of esters is 1. The Labute approximate surface area is 167 Å². The van der Waals surface area contributed by atoms with Crippen LogP contribution in [-0.4, -0.2) is 48.4 Å². The number of aromatic nitrogens is 1. The fraction of sp³-hybridized carbons (Fsp3) is 0.412. The molecule has 0 aliphatic carbocycles. The molecule has 1 aliphatic heterocycles. The standard InChI is InChI=1S/C17H16F3N3O5S/c1-10-9-29-15(21-10)14(17(18,19)20)28-16(24)12-8-11(23(25)26)2-3-13(12)22-4-6-27-7-5-22/h2-3,8-9,14H,4-7H2,1H3. The Kier molecular flexibility index (Phi) is 6.03. The van der Waals surface area contributed by atoms with E-state index in [0.717, 1.165) is 17.4 Å². The minimum Gasteiger partial charge on any atom is -0.441 e. The smallest absolute Gasteiger partial charge is 0.432 e. The largest absolute Gasteiger partial charge is 0.441 e. The molecule has 156 valence electrons. The van der Waals surface area contributed by atoms with Gasteiger partial charge in [0.25, 0.3) is 5.69 Å². The van der Waals surface area contributed by atoms with Crippen molar-refractivity contribution in [3.05, 3.63) is 50.0 Å². The average molecular weight is 431 g/mol. The summed E-state index contributed by atoms with van der Waals surface area (Å²) in [6.07, 6.45) is -7.45. The molecule has 12 heteroatoms. The van der Waals surface area contributed by atoms with Crippen LogP contribution in [0.3, 0.4) is 0 Å². The number of non-ortho nitro benzene ring substituents is 1. The van der Waals surface area contributed by atoms with Gasteiger partial charge in [-0.25, -0.2) is 9.78 Å². The first-order valence-electron chi connectivity index (χ1n) is 8.47. The summed E-state index contributed by atoms with van der Waals surface area (Å²) in [6.45, 7) is 3.00. The lowest BCUT2D eigenvalue weighted by Gasteiger charge is -2.30. The van der Waals surface area contributed by atoms with E-state index in [1.807, 2.05) is 0 Å². The van der Waals surface area contributed by atoms with Gasteiger partial charge in [0.05, 0.1) is 29.4 Å². The van der Waals surface area contributed by atoms with Crippen molar-refractivity contribution in [3.8, 4) is 0 Å². The van der Waals surface area contributed by atoms with E-state index in [0.29, 0.717) is 32.0 Å². The molecule has 1 fully saturated rings. The van der Waals surface area contributed by atoms with E-state index in [1.54, 1.807) is 4.90 Å². The maximum absolute atomic E-state index is 13.5. The zero-order valence-corrected chi connectivity index (χ0v) is 16.0. The van der Waals surface area contributed by atoms with Gasteiger partial charge >= 0.3 is 12.1 Å². The number of carbonyl (C=O) groups is 1. The highest BCUT2D eigenvalue weighted by molar-refractivity contribution is 7.09. The van der Waals surface area contributed by atoms with Crippen molar-refractivity contribution in [1.82, 2.24) is 4.98 Å². The molecule has 1 aliphatic rings.